The number of aliphatic hydroxyl groups is 1. The molecule has 2 fully saturated rings. The Bertz CT molecular complexity index is 558. The maximum Gasteiger partial charge on any atom is 0.235 e. The predicted molar refractivity (Wildman–Crippen MR) is 99.6 cm³/mol. The molecule has 0 aromatic heterocycles. The van der Waals surface area contributed by atoms with Gasteiger partial charge < -0.3 is 26.8 Å². The number of methoxy groups -OCH3 is 1. The third kappa shape index (κ3) is 5.42. The van der Waals surface area contributed by atoms with Gasteiger partial charge in [-0.05, 0) is 56.8 Å². The van der Waals surface area contributed by atoms with E-state index in [1.807, 2.05) is 25.1 Å². The minimum absolute atomic E-state index is 0. The van der Waals surface area contributed by atoms with Crippen LogP contribution in [0.2, 0.25) is 0 Å². The minimum Gasteiger partial charge on any atom is -0.495 e. The Labute approximate surface area is 182 Å². The van der Waals surface area contributed by atoms with Crippen LogP contribution >= 0.6 is 0 Å². The maximum absolute atomic E-state index is 10.4. The number of fused-ring (bicyclic) bond motifs is 2. The van der Waals surface area contributed by atoms with Crippen molar-refractivity contribution in [1.82, 2.24) is 4.90 Å². The molecular formula is C20H31N2O3Y-. The summed E-state index contributed by atoms with van der Waals surface area (Å²) >= 11 is 0. The third-order valence-electron chi connectivity index (χ3n) is 5.45. The Kier molecular flexibility index (Phi) is 8.82. The molecule has 2 bridgehead atoms. The average molecular weight is 436 g/mol. The van der Waals surface area contributed by atoms with Gasteiger partial charge in [0.05, 0.1) is 18.9 Å². The molecule has 5 nitrogen and oxygen atoms in total. The fourth-order valence-corrected chi connectivity index (χ4v) is 4.37. The van der Waals surface area contributed by atoms with Crippen LogP contribution in [0, 0.1) is 13.8 Å². The molecule has 0 spiro atoms. The largest absolute Gasteiger partial charge is 0.495 e. The zero-order valence-corrected chi connectivity index (χ0v) is 18.8. The van der Waals surface area contributed by atoms with Crippen molar-refractivity contribution in [2.45, 2.75) is 70.1 Å². The number of piperidine rings is 2. The molecule has 3 atom stereocenters. The molecule has 0 aliphatic carbocycles. The topological polar surface area (TPSA) is 54.0 Å². The molecule has 1 radical (unpaired) electrons. The van der Waals surface area contributed by atoms with E-state index >= 15 is 0 Å². The standard InChI is InChI=1S/C20H31N2O3.Y/c1-4-10-22-15-6-5-7-16(22)13-17(12-15)25-20(23)21-18-11-14(2)8-9-19(18)24-3;/h8-9,11,15-17,20-21,23H,1,4-7,10,12-13H2,2-3H3;/q-1;. The second-order valence-electron chi connectivity index (χ2n) is 7.26. The fourth-order valence-electron chi connectivity index (χ4n) is 4.37. The zero-order chi connectivity index (χ0) is 17.8. The van der Waals surface area contributed by atoms with Gasteiger partial charge in [0.2, 0.25) is 6.41 Å². The van der Waals surface area contributed by atoms with E-state index in [2.05, 4.69) is 17.1 Å². The zero-order valence-electron chi connectivity index (χ0n) is 16.0. The molecule has 26 heavy (non-hydrogen) atoms. The van der Waals surface area contributed by atoms with Gasteiger partial charge >= 0.3 is 0 Å². The van der Waals surface area contributed by atoms with Gasteiger partial charge in [-0.3, -0.25) is 4.90 Å². The van der Waals surface area contributed by atoms with Crippen LogP contribution in [0.4, 0.5) is 5.69 Å². The first-order chi connectivity index (χ1) is 12.1. The molecule has 3 rings (SSSR count). The van der Waals surface area contributed by atoms with Crippen LogP contribution in [-0.2, 0) is 37.4 Å². The van der Waals surface area contributed by atoms with E-state index in [1.165, 1.54) is 19.3 Å². The molecule has 1 aromatic carbocycles. The summed E-state index contributed by atoms with van der Waals surface area (Å²) in [4.78, 5) is 2.61. The smallest absolute Gasteiger partial charge is 0.235 e. The number of nitrogens with zero attached hydrogens (tertiary/aromatic N) is 1. The molecule has 143 valence electrons. The first-order valence-corrected chi connectivity index (χ1v) is 9.40. The number of rotatable bonds is 7. The van der Waals surface area contributed by atoms with Gasteiger partial charge in [0, 0.05) is 44.8 Å². The number of benzene rings is 1. The van der Waals surface area contributed by atoms with Gasteiger partial charge in [0.25, 0.3) is 0 Å². The van der Waals surface area contributed by atoms with Crippen molar-refractivity contribution in [1.29, 1.82) is 0 Å². The van der Waals surface area contributed by atoms with Crippen LogP contribution < -0.4 is 10.1 Å². The summed E-state index contributed by atoms with van der Waals surface area (Å²) in [6, 6.07) is 6.97. The molecule has 2 N–H and O–H groups in total. The van der Waals surface area contributed by atoms with Crippen LogP contribution in [0.1, 0.15) is 44.1 Å². The second kappa shape index (κ2) is 10.4. The number of aliphatic hydroxyl groups excluding tert-OH is 1. The summed E-state index contributed by atoms with van der Waals surface area (Å²) in [6.45, 7) is 7.09. The summed E-state index contributed by atoms with van der Waals surface area (Å²) in [5.41, 5.74) is 1.86. The van der Waals surface area contributed by atoms with Crippen LogP contribution in [0.3, 0.4) is 0 Å². The monoisotopic (exact) mass is 436 g/mol. The Morgan fingerprint density at radius 1 is 1.31 bits per heavy atom. The van der Waals surface area contributed by atoms with E-state index in [-0.39, 0.29) is 38.8 Å². The van der Waals surface area contributed by atoms with Crippen molar-refractivity contribution in [2.75, 3.05) is 19.0 Å². The number of ether oxygens (including phenoxy) is 2. The Hall–Kier alpha value is -0.196. The van der Waals surface area contributed by atoms with Gasteiger partial charge in [0.15, 0.2) is 0 Å². The SMILES string of the molecule is [CH2-]CCN1C2CCCC1CC(OC(O)Nc1cc(C)ccc1OC)C2.[Y]. The van der Waals surface area contributed by atoms with Crippen LogP contribution in [0.25, 0.3) is 0 Å². The van der Waals surface area contributed by atoms with Gasteiger partial charge in [0.1, 0.15) is 5.75 Å². The van der Waals surface area contributed by atoms with Crippen molar-refractivity contribution >= 4 is 5.69 Å². The molecular weight excluding hydrogens is 405 g/mol. The second-order valence-corrected chi connectivity index (χ2v) is 7.26. The van der Waals surface area contributed by atoms with Gasteiger partial charge in [-0.1, -0.05) is 12.5 Å². The molecule has 2 aliphatic heterocycles. The van der Waals surface area contributed by atoms with Crippen molar-refractivity contribution in [3.63, 3.8) is 0 Å². The third-order valence-corrected chi connectivity index (χ3v) is 5.45. The molecule has 3 unspecified atom stereocenters. The molecule has 1 aromatic rings. The first-order valence-electron chi connectivity index (χ1n) is 9.40. The Morgan fingerprint density at radius 3 is 2.62 bits per heavy atom. The van der Waals surface area contributed by atoms with Crippen molar-refractivity contribution in [3.05, 3.63) is 30.7 Å². The van der Waals surface area contributed by atoms with Crippen molar-refractivity contribution < 1.29 is 47.3 Å². The summed E-state index contributed by atoms with van der Waals surface area (Å²) in [7, 11) is 1.63. The summed E-state index contributed by atoms with van der Waals surface area (Å²) < 4.78 is 11.3. The van der Waals surface area contributed by atoms with E-state index in [1.54, 1.807) is 7.11 Å². The van der Waals surface area contributed by atoms with Crippen LogP contribution in [0.15, 0.2) is 18.2 Å². The molecule has 2 aliphatic rings. The summed E-state index contributed by atoms with van der Waals surface area (Å²) in [6.07, 6.45) is 5.75. The first kappa shape index (κ1) is 22.1. The molecule has 0 amide bonds. The van der Waals surface area contributed by atoms with E-state index < -0.39 is 6.41 Å². The fraction of sp³-hybridized carbons (Fsp3) is 0.650. The number of hydrogen-bond acceptors (Lipinski definition) is 5. The van der Waals surface area contributed by atoms with E-state index in [0.717, 1.165) is 37.1 Å². The number of nitrogens with one attached hydrogen (secondary N) is 1. The van der Waals surface area contributed by atoms with Crippen LogP contribution in [0.5, 0.6) is 5.75 Å². The predicted octanol–water partition coefficient (Wildman–Crippen LogP) is 3.32. The normalized spacial score (nSPS) is 26.7. The summed E-state index contributed by atoms with van der Waals surface area (Å²) in [5, 5.41) is 13.4. The Morgan fingerprint density at radius 2 is 2.00 bits per heavy atom. The van der Waals surface area contributed by atoms with Crippen LogP contribution in [-0.4, -0.2) is 48.3 Å². The molecule has 6 heteroatoms. The van der Waals surface area contributed by atoms with Gasteiger partial charge in [-0.25, -0.2) is 0 Å². The van der Waals surface area contributed by atoms with Gasteiger partial charge in [-0.2, -0.15) is 6.42 Å². The molecule has 0 saturated carbocycles. The van der Waals surface area contributed by atoms with E-state index in [4.69, 9.17) is 9.47 Å². The Balaban J connectivity index is 0.00000243. The quantitative estimate of drug-likeness (QED) is 0.508. The van der Waals surface area contributed by atoms with E-state index in [0.29, 0.717) is 17.8 Å². The maximum atomic E-state index is 10.4. The van der Waals surface area contributed by atoms with Crippen molar-refractivity contribution in [3.8, 4) is 5.75 Å². The number of aryl methyl sites for hydroxylation is 1. The number of anilines is 1. The number of hydrogen-bond donors (Lipinski definition) is 2. The minimum atomic E-state index is -1.03. The van der Waals surface area contributed by atoms with Crippen molar-refractivity contribution in [2.24, 2.45) is 0 Å². The molecule has 2 heterocycles. The summed E-state index contributed by atoms with van der Waals surface area (Å²) in [5.74, 6) is 0.704. The average Bonchev–Trinajstić information content (AvgIpc) is 2.56. The van der Waals surface area contributed by atoms with Gasteiger partial charge in [-0.15, -0.1) is 0 Å². The molecule has 2 saturated heterocycles. The van der Waals surface area contributed by atoms with E-state index in [9.17, 15) is 5.11 Å².